The van der Waals surface area contributed by atoms with Crippen molar-refractivity contribution in [3.8, 4) is 11.1 Å². The van der Waals surface area contributed by atoms with Crippen LogP contribution >= 0.6 is 11.5 Å². The van der Waals surface area contributed by atoms with Gasteiger partial charge in [0.25, 0.3) is 0 Å². The predicted molar refractivity (Wildman–Crippen MR) is 92.6 cm³/mol. The van der Waals surface area contributed by atoms with Crippen molar-refractivity contribution in [2.45, 2.75) is 25.7 Å². The van der Waals surface area contributed by atoms with Gasteiger partial charge in [-0.15, -0.1) is 0 Å². The Morgan fingerprint density at radius 3 is 2.79 bits per heavy atom. The monoisotopic (exact) mass is 336 g/mol. The van der Waals surface area contributed by atoms with Gasteiger partial charge in [-0.05, 0) is 54.9 Å². The van der Waals surface area contributed by atoms with Crippen molar-refractivity contribution in [1.82, 2.24) is 19.3 Å². The smallest absolute Gasteiger partial charge is 0.222 e. The summed E-state index contributed by atoms with van der Waals surface area (Å²) in [4.78, 5) is 12.9. The van der Waals surface area contributed by atoms with Gasteiger partial charge in [0, 0.05) is 28.4 Å². The molecule has 0 amide bonds. The molecule has 0 spiro atoms. The van der Waals surface area contributed by atoms with Gasteiger partial charge in [0.2, 0.25) is 5.95 Å². The van der Waals surface area contributed by atoms with Crippen molar-refractivity contribution in [1.29, 1.82) is 0 Å². The molecule has 0 aliphatic heterocycles. The molecule has 4 nitrogen and oxygen atoms in total. The van der Waals surface area contributed by atoms with Crippen LogP contribution in [0, 0.1) is 12.9 Å². The van der Waals surface area contributed by atoms with Gasteiger partial charge in [-0.2, -0.15) is 13.7 Å². The fourth-order valence-electron chi connectivity index (χ4n) is 3.11. The molecule has 24 heavy (non-hydrogen) atoms. The van der Waals surface area contributed by atoms with Gasteiger partial charge >= 0.3 is 0 Å². The molecule has 4 heterocycles. The molecule has 4 aromatic heterocycles. The first-order valence-electron chi connectivity index (χ1n) is 7.88. The maximum Gasteiger partial charge on any atom is 0.222 e. The largest absolute Gasteiger partial charge is 0.261 e. The van der Waals surface area contributed by atoms with Crippen molar-refractivity contribution in [3.63, 3.8) is 0 Å². The normalized spacial score (nSPS) is 14.6. The predicted octanol–water partition coefficient (Wildman–Crippen LogP) is 4.63. The number of fused-ring (bicyclic) bond motifs is 2. The number of hydrogen-bond acceptors (Lipinski definition) is 5. The highest BCUT2D eigenvalue weighted by Gasteiger charge is 2.29. The molecule has 0 bridgehead atoms. The van der Waals surface area contributed by atoms with E-state index >= 15 is 0 Å². The lowest BCUT2D eigenvalue weighted by Crippen LogP contribution is -1.97. The number of pyridine rings is 3. The van der Waals surface area contributed by atoms with Crippen molar-refractivity contribution in [2.75, 3.05) is 0 Å². The summed E-state index contributed by atoms with van der Waals surface area (Å²) in [5.74, 6) is -0.000331. The van der Waals surface area contributed by atoms with E-state index in [4.69, 9.17) is 0 Å². The first-order chi connectivity index (χ1) is 11.7. The summed E-state index contributed by atoms with van der Waals surface area (Å²) < 4.78 is 19.9. The average Bonchev–Trinajstić information content (AvgIpc) is 3.30. The Kier molecular flexibility index (Phi) is 2.91. The van der Waals surface area contributed by atoms with Crippen LogP contribution in [0.3, 0.4) is 0 Å². The SMILES string of the molecule is Cc1ccc(-c2cc3c(C4CC4)c4sncc4nc3nc2F)cn1. The fraction of sp³-hybridized carbons (Fsp3) is 0.222. The third-order valence-corrected chi connectivity index (χ3v) is 5.30. The Balaban J connectivity index is 1.84. The summed E-state index contributed by atoms with van der Waals surface area (Å²) in [5, 5.41) is 0.936. The summed E-state index contributed by atoms with van der Waals surface area (Å²) in [6.45, 7) is 1.91. The van der Waals surface area contributed by atoms with Crippen LogP contribution in [-0.4, -0.2) is 19.3 Å². The van der Waals surface area contributed by atoms with Crippen LogP contribution in [0.25, 0.3) is 32.4 Å². The first kappa shape index (κ1) is 13.9. The third kappa shape index (κ3) is 2.10. The van der Waals surface area contributed by atoms with Crippen LogP contribution in [0.5, 0.6) is 0 Å². The highest BCUT2D eigenvalue weighted by molar-refractivity contribution is 7.13. The number of nitrogens with zero attached hydrogens (tertiary/aromatic N) is 4. The zero-order chi connectivity index (χ0) is 16.3. The number of rotatable bonds is 2. The summed E-state index contributed by atoms with van der Waals surface area (Å²) in [6, 6.07) is 5.64. The Bertz CT molecular complexity index is 1080. The number of hydrogen-bond donors (Lipinski definition) is 0. The highest BCUT2D eigenvalue weighted by atomic mass is 32.1. The molecular weight excluding hydrogens is 323 g/mol. The van der Waals surface area contributed by atoms with E-state index in [9.17, 15) is 4.39 Å². The van der Waals surface area contributed by atoms with Crippen LogP contribution in [0.4, 0.5) is 4.39 Å². The molecule has 0 saturated heterocycles. The number of aromatic nitrogens is 4. The Labute approximate surface area is 141 Å². The van der Waals surface area contributed by atoms with E-state index in [1.807, 2.05) is 25.1 Å². The van der Waals surface area contributed by atoms with Gasteiger partial charge in [-0.3, -0.25) is 4.98 Å². The molecule has 1 aliphatic rings. The second-order valence-corrected chi connectivity index (χ2v) is 7.03. The Morgan fingerprint density at radius 2 is 2.04 bits per heavy atom. The average molecular weight is 336 g/mol. The zero-order valence-electron chi connectivity index (χ0n) is 13.0. The molecule has 6 heteroatoms. The van der Waals surface area contributed by atoms with Crippen molar-refractivity contribution in [2.24, 2.45) is 0 Å². The Morgan fingerprint density at radius 1 is 1.17 bits per heavy atom. The maximum atomic E-state index is 14.6. The molecule has 0 atom stereocenters. The minimum absolute atomic E-state index is 0.464. The van der Waals surface area contributed by atoms with Crippen LogP contribution in [0.1, 0.15) is 30.0 Å². The van der Waals surface area contributed by atoms with Crippen LogP contribution in [0.2, 0.25) is 0 Å². The quantitative estimate of drug-likeness (QED) is 0.501. The second kappa shape index (κ2) is 5.01. The van der Waals surface area contributed by atoms with Gasteiger partial charge in [0.15, 0.2) is 5.65 Å². The van der Waals surface area contributed by atoms with Crippen LogP contribution in [0.15, 0.2) is 30.6 Å². The molecule has 1 aliphatic carbocycles. The zero-order valence-corrected chi connectivity index (χ0v) is 13.8. The van der Waals surface area contributed by atoms with E-state index in [0.29, 0.717) is 17.1 Å². The molecule has 5 rings (SSSR count). The van der Waals surface area contributed by atoms with Crippen molar-refractivity contribution >= 4 is 32.8 Å². The highest BCUT2D eigenvalue weighted by Crippen LogP contribution is 2.47. The standard InChI is InChI=1S/C18H13FN4S/c1-9-2-3-11(7-20-9)12-6-13-15(10-4-5-10)16-14(8-21-24-16)22-18(13)23-17(12)19/h2-3,6-8,10H,4-5H2,1H3. The lowest BCUT2D eigenvalue weighted by Gasteiger charge is -2.09. The summed E-state index contributed by atoms with van der Waals surface area (Å²) in [5.41, 5.74) is 4.61. The van der Waals surface area contributed by atoms with Gasteiger partial charge in [-0.1, -0.05) is 6.07 Å². The molecule has 4 aromatic rings. The van der Waals surface area contributed by atoms with E-state index in [-0.39, 0.29) is 0 Å². The topological polar surface area (TPSA) is 51.6 Å². The number of halogens is 1. The summed E-state index contributed by atoms with van der Waals surface area (Å²) in [6.07, 6.45) is 5.75. The Hall–Kier alpha value is -2.47. The molecular formula is C18H13FN4S. The minimum atomic E-state index is -0.509. The molecule has 0 aromatic carbocycles. The molecule has 118 valence electrons. The van der Waals surface area contributed by atoms with Gasteiger partial charge < -0.3 is 0 Å². The summed E-state index contributed by atoms with van der Waals surface area (Å²) in [7, 11) is 0. The van der Waals surface area contributed by atoms with Gasteiger partial charge in [-0.25, -0.2) is 4.98 Å². The van der Waals surface area contributed by atoms with Crippen LogP contribution in [-0.2, 0) is 0 Å². The molecule has 0 unspecified atom stereocenters. The lowest BCUT2D eigenvalue weighted by molar-refractivity contribution is 0.591. The van der Waals surface area contributed by atoms with Crippen molar-refractivity contribution < 1.29 is 4.39 Å². The number of aryl methyl sites for hydroxylation is 1. The van der Waals surface area contributed by atoms with E-state index in [1.54, 1.807) is 12.4 Å². The van der Waals surface area contributed by atoms with E-state index in [1.165, 1.54) is 17.1 Å². The van der Waals surface area contributed by atoms with Crippen LogP contribution < -0.4 is 0 Å². The third-order valence-electron chi connectivity index (χ3n) is 4.48. The second-order valence-electron chi connectivity index (χ2n) is 6.23. The van der Waals surface area contributed by atoms with Gasteiger partial charge in [0.1, 0.15) is 5.52 Å². The fourth-order valence-corrected chi connectivity index (χ4v) is 3.93. The molecule has 0 N–H and O–H groups in total. The van der Waals surface area contributed by atoms with E-state index in [0.717, 1.165) is 39.7 Å². The first-order valence-corrected chi connectivity index (χ1v) is 8.65. The summed E-state index contributed by atoms with van der Waals surface area (Å²) >= 11 is 1.46. The van der Waals surface area contributed by atoms with E-state index in [2.05, 4.69) is 19.3 Å². The van der Waals surface area contributed by atoms with E-state index < -0.39 is 5.95 Å². The molecule has 1 fully saturated rings. The lowest BCUT2D eigenvalue weighted by atomic mass is 10.0. The van der Waals surface area contributed by atoms with Gasteiger partial charge in [0.05, 0.1) is 10.9 Å². The molecule has 0 radical (unpaired) electrons. The van der Waals surface area contributed by atoms with Crippen molar-refractivity contribution in [3.05, 3.63) is 47.8 Å². The molecule has 1 saturated carbocycles. The maximum absolute atomic E-state index is 14.6. The minimum Gasteiger partial charge on any atom is -0.261 e.